The number of anilines is 2. The Morgan fingerprint density at radius 2 is 1.76 bits per heavy atom. The van der Waals surface area contributed by atoms with E-state index < -0.39 is 11.2 Å². The van der Waals surface area contributed by atoms with E-state index in [1.165, 1.54) is 17.9 Å². The minimum absolute atomic E-state index is 0.105. The van der Waals surface area contributed by atoms with Crippen LogP contribution in [0.15, 0.2) is 58.4 Å². The molecule has 13 nitrogen and oxygen atoms in total. The number of hydrogen-bond acceptors (Lipinski definition) is 9. The molecule has 256 valence electrons. The first-order valence-electron chi connectivity index (χ1n) is 16.2. The lowest BCUT2D eigenvalue weighted by molar-refractivity contribution is 0.219. The van der Waals surface area contributed by atoms with Gasteiger partial charge in [0.15, 0.2) is 5.65 Å². The number of rotatable bonds is 6. The lowest BCUT2D eigenvalue weighted by Crippen LogP contribution is -2.46. The predicted octanol–water partition coefficient (Wildman–Crippen LogP) is 4.56. The fourth-order valence-electron chi connectivity index (χ4n) is 7.63. The molecule has 0 saturated carbocycles. The molecular formula is C35H33Cl2N9O4. The predicted molar refractivity (Wildman–Crippen MR) is 192 cm³/mol. The van der Waals surface area contributed by atoms with E-state index in [1.54, 1.807) is 20.2 Å². The van der Waals surface area contributed by atoms with E-state index in [1.807, 2.05) is 30.3 Å². The molecule has 2 unspecified atom stereocenters. The van der Waals surface area contributed by atoms with Crippen LogP contribution >= 0.6 is 23.2 Å². The monoisotopic (exact) mass is 713 g/mol. The standard InChI is InChI=1S/C35H33Cl2N9O4/c1-44-30-26(32(47)45(2)34(44)49)29(39-17-40-30)41-22-9-5-7-20(28(22)37)19-6-4-8-21(27(19)36)23-14-18-10-11-24(25(18)31(42-23)50-3)46-13-12-35(16-46)15-38-33(48)43-35/h4-9,14,17,24H,10-13,15-16H2,1-3H3,(H2,38,43,48)(H,39,40,41). The summed E-state index contributed by atoms with van der Waals surface area (Å²) in [7, 11) is 4.60. The van der Waals surface area contributed by atoms with Crippen LogP contribution in [0.25, 0.3) is 33.4 Å². The van der Waals surface area contributed by atoms with Gasteiger partial charge in [-0.1, -0.05) is 53.5 Å². The van der Waals surface area contributed by atoms with Crippen molar-refractivity contribution in [1.29, 1.82) is 0 Å². The van der Waals surface area contributed by atoms with E-state index in [-0.39, 0.29) is 34.5 Å². The van der Waals surface area contributed by atoms with Crippen LogP contribution in [0.5, 0.6) is 5.88 Å². The Bertz CT molecular complexity index is 2360. The fourth-order valence-corrected chi connectivity index (χ4v) is 8.23. The molecule has 1 spiro atoms. The minimum atomic E-state index is -0.526. The highest BCUT2D eigenvalue weighted by Gasteiger charge is 2.46. The number of hydrogen-bond donors (Lipinski definition) is 3. The minimum Gasteiger partial charge on any atom is -0.481 e. The van der Waals surface area contributed by atoms with Gasteiger partial charge in [0.1, 0.15) is 17.5 Å². The molecule has 2 amide bonds. The molecule has 2 aliphatic heterocycles. The number of benzene rings is 2. The molecule has 0 bridgehead atoms. The lowest BCUT2D eigenvalue weighted by atomic mass is 9.99. The highest BCUT2D eigenvalue weighted by Crippen LogP contribution is 2.47. The zero-order chi connectivity index (χ0) is 34.9. The number of likely N-dealkylation sites (tertiary alicyclic amines) is 1. The van der Waals surface area contributed by atoms with E-state index >= 15 is 0 Å². The summed E-state index contributed by atoms with van der Waals surface area (Å²) in [6.07, 6.45) is 3.98. The molecular weight excluding hydrogens is 681 g/mol. The molecule has 3 aromatic heterocycles. The summed E-state index contributed by atoms with van der Waals surface area (Å²) in [4.78, 5) is 53.4. The van der Waals surface area contributed by atoms with Crippen molar-refractivity contribution in [2.45, 2.75) is 30.8 Å². The van der Waals surface area contributed by atoms with Gasteiger partial charge in [-0.15, -0.1) is 0 Å². The van der Waals surface area contributed by atoms with Gasteiger partial charge >= 0.3 is 11.7 Å². The number of nitrogens with one attached hydrogen (secondary N) is 3. The highest BCUT2D eigenvalue weighted by atomic mass is 35.5. The van der Waals surface area contributed by atoms with E-state index in [0.717, 1.165) is 53.6 Å². The molecule has 2 atom stereocenters. The maximum Gasteiger partial charge on any atom is 0.332 e. The first-order chi connectivity index (χ1) is 24.1. The van der Waals surface area contributed by atoms with Gasteiger partial charge in [-0.3, -0.25) is 18.8 Å². The van der Waals surface area contributed by atoms with E-state index in [2.05, 4.69) is 36.9 Å². The van der Waals surface area contributed by atoms with Crippen molar-refractivity contribution >= 4 is 51.8 Å². The smallest absolute Gasteiger partial charge is 0.332 e. The number of carbonyl (C=O) groups is 1. The Labute approximate surface area is 296 Å². The summed E-state index contributed by atoms with van der Waals surface area (Å²) >= 11 is 14.2. The number of carbonyl (C=O) groups excluding carboxylic acids is 1. The third-order valence-corrected chi connectivity index (χ3v) is 11.0. The van der Waals surface area contributed by atoms with Crippen LogP contribution in [0.3, 0.4) is 0 Å². The summed E-state index contributed by atoms with van der Waals surface area (Å²) in [6, 6.07) is 13.3. The molecule has 0 radical (unpaired) electrons. The van der Waals surface area contributed by atoms with E-state index in [4.69, 9.17) is 32.9 Å². The molecule has 3 aliphatic rings. The zero-order valence-electron chi connectivity index (χ0n) is 27.5. The third-order valence-electron chi connectivity index (χ3n) is 10.2. The molecule has 5 heterocycles. The Morgan fingerprint density at radius 3 is 2.52 bits per heavy atom. The van der Waals surface area contributed by atoms with Crippen LogP contribution < -0.4 is 31.9 Å². The van der Waals surface area contributed by atoms with Crippen molar-refractivity contribution in [1.82, 2.24) is 39.6 Å². The number of halogens is 2. The average molecular weight is 715 g/mol. The van der Waals surface area contributed by atoms with Gasteiger partial charge in [0, 0.05) is 62.0 Å². The number of aromatic nitrogens is 5. The molecule has 50 heavy (non-hydrogen) atoms. The first-order valence-corrected chi connectivity index (χ1v) is 17.0. The average Bonchev–Trinajstić information content (AvgIpc) is 3.84. The third kappa shape index (κ3) is 5.10. The lowest BCUT2D eigenvalue weighted by Gasteiger charge is -2.28. The molecule has 2 saturated heterocycles. The molecule has 5 aromatic rings. The largest absolute Gasteiger partial charge is 0.481 e. The SMILES string of the molecule is COc1nc(-c2cccc(-c3cccc(Nc4ncnc5c4c(=O)n(C)c(=O)n5C)c3Cl)c2Cl)cc2c1C(N1CCC3(CNC(=O)N3)C1)CC2. The van der Waals surface area contributed by atoms with E-state index in [9.17, 15) is 14.4 Å². The summed E-state index contributed by atoms with van der Waals surface area (Å²) in [5.41, 5.74) is 4.46. The number of methoxy groups -OCH3 is 1. The number of fused-ring (bicyclic) bond motifs is 2. The number of pyridine rings is 1. The summed E-state index contributed by atoms with van der Waals surface area (Å²) < 4.78 is 8.21. The van der Waals surface area contributed by atoms with Crippen LogP contribution in [-0.4, -0.2) is 67.3 Å². The second-order valence-electron chi connectivity index (χ2n) is 13.0. The zero-order valence-corrected chi connectivity index (χ0v) is 29.0. The number of nitrogens with zero attached hydrogens (tertiary/aromatic N) is 6. The molecule has 2 fully saturated rings. The van der Waals surface area contributed by atoms with Crippen molar-refractivity contribution in [2.24, 2.45) is 14.1 Å². The second kappa shape index (κ2) is 12.1. The fraction of sp³-hybridized carbons (Fsp3) is 0.314. The Morgan fingerprint density at radius 1 is 1.00 bits per heavy atom. The van der Waals surface area contributed by atoms with Crippen LogP contribution in [0.4, 0.5) is 16.3 Å². The summed E-state index contributed by atoms with van der Waals surface area (Å²) in [6.45, 7) is 2.28. The van der Waals surface area contributed by atoms with Crippen molar-refractivity contribution in [3.05, 3.63) is 90.8 Å². The number of ether oxygens (including phenoxy) is 1. The number of amides is 2. The quantitative estimate of drug-likeness (QED) is 0.230. The van der Waals surface area contributed by atoms with Gasteiger partial charge < -0.3 is 20.7 Å². The summed E-state index contributed by atoms with van der Waals surface area (Å²) in [5, 5.41) is 10.2. The van der Waals surface area contributed by atoms with Crippen molar-refractivity contribution < 1.29 is 9.53 Å². The van der Waals surface area contributed by atoms with Gasteiger partial charge in [0.2, 0.25) is 5.88 Å². The van der Waals surface area contributed by atoms with Gasteiger partial charge in [0.25, 0.3) is 5.56 Å². The van der Waals surface area contributed by atoms with Gasteiger partial charge in [0.05, 0.1) is 34.1 Å². The van der Waals surface area contributed by atoms with Gasteiger partial charge in [-0.2, -0.15) is 0 Å². The number of urea groups is 1. The molecule has 8 rings (SSSR count). The van der Waals surface area contributed by atoms with Crippen molar-refractivity contribution in [3.63, 3.8) is 0 Å². The van der Waals surface area contributed by atoms with Crippen LogP contribution in [-0.2, 0) is 20.5 Å². The molecule has 3 N–H and O–H groups in total. The maximum absolute atomic E-state index is 13.1. The second-order valence-corrected chi connectivity index (χ2v) is 13.8. The normalized spacial score (nSPS) is 19.9. The Kier molecular flexibility index (Phi) is 7.81. The summed E-state index contributed by atoms with van der Waals surface area (Å²) in [5.74, 6) is 0.785. The molecule has 2 aromatic carbocycles. The van der Waals surface area contributed by atoms with Crippen LogP contribution in [0.2, 0.25) is 10.0 Å². The Hall–Kier alpha value is -4.98. The van der Waals surface area contributed by atoms with Crippen LogP contribution in [0.1, 0.15) is 30.0 Å². The highest BCUT2D eigenvalue weighted by molar-refractivity contribution is 6.39. The topological polar surface area (TPSA) is 148 Å². The first kappa shape index (κ1) is 32.2. The molecule has 1 aliphatic carbocycles. The van der Waals surface area contributed by atoms with Gasteiger partial charge in [-0.05, 0) is 37.0 Å². The van der Waals surface area contributed by atoms with Crippen LogP contribution in [0, 0.1) is 0 Å². The van der Waals surface area contributed by atoms with Gasteiger partial charge in [-0.25, -0.2) is 24.5 Å². The molecule has 15 heteroatoms. The Balaban J connectivity index is 1.13. The van der Waals surface area contributed by atoms with E-state index in [0.29, 0.717) is 45.0 Å². The maximum atomic E-state index is 13.1. The van der Waals surface area contributed by atoms with Crippen molar-refractivity contribution in [2.75, 3.05) is 32.1 Å². The number of aryl methyl sites for hydroxylation is 2. The van der Waals surface area contributed by atoms with Crippen molar-refractivity contribution in [3.8, 4) is 28.3 Å².